The van der Waals surface area contributed by atoms with Crippen molar-refractivity contribution in [1.29, 1.82) is 0 Å². The van der Waals surface area contributed by atoms with Crippen LogP contribution < -0.4 is 5.32 Å². The van der Waals surface area contributed by atoms with Crippen molar-refractivity contribution in [1.82, 2.24) is 10.2 Å². The summed E-state index contributed by atoms with van der Waals surface area (Å²) < 4.78 is 0. The highest BCUT2D eigenvalue weighted by Gasteiger charge is 2.42. The summed E-state index contributed by atoms with van der Waals surface area (Å²) in [5.74, 6) is 0. The summed E-state index contributed by atoms with van der Waals surface area (Å²) in [7, 11) is 0. The Bertz CT molecular complexity index is 202. The van der Waals surface area contributed by atoms with E-state index in [1.165, 1.54) is 64.6 Å². The van der Waals surface area contributed by atoms with E-state index in [4.69, 9.17) is 0 Å². The molecule has 14 heavy (non-hydrogen) atoms. The van der Waals surface area contributed by atoms with Gasteiger partial charge in [-0.15, -0.1) is 0 Å². The van der Waals surface area contributed by atoms with Gasteiger partial charge in [-0.3, -0.25) is 4.90 Å². The van der Waals surface area contributed by atoms with Gasteiger partial charge in [0, 0.05) is 24.7 Å². The molecule has 0 bridgehead atoms. The average Bonchev–Trinajstić information content (AvgIpc) is 2.91. The second-order valence-electron chi connectivity index (χ2n) is 5.47. The number of nitrogens with zero attached hydrogens (tertiary/aromatic N) is 1. The smallest absolute Gasteiger partial charge is 0.0321 e. The van der Waals surface area contributed by atoms with E-state index in [9.17, 15) is 0 Å². The van der Waals surface area contributed by atoms with Crippen LogP contribution >= 0.6 is 0 Å². The van der Waals surface area contributed by atoms with Gasteiger partial charge in [0.1, 0.15) is 0 Å². The largest absolute Gasteiger partial charge is 0.310 e. The maximum atomic E-state index is 3.74. The zero-order valence-corrected chi connectivity index (χ0v) is 9.10. The summed E-state index contributed by atoms with van der Waals surface area (Å²) in [6.45, 7) is 3.97. The molecule has 80 valence electrons. The Morgan fingerprint density at radius 2 is 1.93 bits per heavy atom. The lowest BCUT2D eigenvalue weighted by Gasteiger charge is -2.27. The molecule has 3 fully saturated rings. The standard InChI is InChI=1S/C12H22N2/c1-2-5-11(4-1)14-9-7-12(10-14)6-3-8-13-12/h11,13H,1-10H2. The molecule has 3 aliphatic rings. The maximum absolute atomic E-state index is 3.74. The molecule has 2 heterocycles. The normalized spacial score (nSPS) is 40.3. The predicted molar refractivity (Wildman–Crippen MR) is 58.4 cm³/mol. The van der Waals surface area contributed by atoms with Gasteiger partial charge in [0.2, 0.25) is 0 Å². The van der Waals surface area contributed by atoms with Crippen molar-refractivity contribution < 1.29 is 0 Å². The summed E-state index contributed by atoms with van der Waals surface area (Å²) in [5, 5.41) is 3.74. The quantitative estimate of drug-likeness (QED) is 0.684. The number of rotatable bonds is 1. The van der Waals surface area contributed by atoms with Crippen LogP contribution in [0.15, 0.2) is 0 Å². The second kappa shape index (κ2) is 3.49. The van der Waals surface area contributed by atoms with Crippen molar-refractivity contribution in [3.05, 3.63) is 0 Å². The van der Waals surface area contributed by atoms with Gasteiger partial charge in [-0.05, 0) is 38.6 Å². The highest BCUT2D eigenvalue weighted by molar-refractivity contribution is 5.02. The lowest BCUT2D eigenvalue weighted by atomic mass is 9.97. The summed E-state index contributed by atoms with van der Waals surface area (Å²) in [4.78, 5) is 2.77. The molecule has 3 rings (SSSR count). The molecule has 1 N–H and O–H groups in total. The van der Waals surface area contributed by atoms with E-state index in [-0.39, 0.29) is 0 Å². The van der Waals surface area contributed by atoms with Crippen molar-refractivity contribution in [3.8, 4) is 0 Å². The monoisotopic (exact) mass is 194 g/mol. The Hall–Kier alpha value is -0.0800. The molecule has 0 amide bonds. The third kappa shape index (κ3) is 1.49. The van der Waals surface area contributed by atoms with E-state index in [1.54, 1.807) is 0 Å². The van der Waals surface area contributed by atoms with E-state index >= 15 is 0 Å². The van der Waals surface area contributed by atoms with Crippen LogP contribution in [0, 0.1) is 0 Å². The summed E-state index contributed by atoms with van der Waals surface area (Å²) in [6, 6.07) is 0.941. The van der Waals surface area contributed by atoms with Gasteiger partial charge in [-0.25, -0.2) is 0 Å². The maximum Gasteiger partial charge on any atom is 0.0321 e. The van der Waals surface area contributed by atoms with Crippen LogP contribution in [0.5, 0.6) is 0 Å². The van der Waals surface area contributed by atoms with Crippen LogP contribution in [-0.2, 0) is 0 Å². The fourth-order valence-electron chi connectivity index (χ4n) is 3.70. The first kappa shape index (κ1) is 9.17. The average molecular weight is 194 g/mol. The van der Waals surface area contributed by atoms with Gasteiger partial charge in [0.25, 0.3) is 0 Å². The topological polar surface area (TPSA) is 15.3 Å². The van der Waals surface area contributed by atoms with Crippen LogP contribution in [0.25, 0.3) is 0 Å². The lowest BCUT2D eigenvalue weighted by Crippen LogP contribution is -2.43. The minimum atomic E-state index is 0.544. The van der Waals surface area contributed by atoms with Crippen LogP contribution in [-0.4, -0.2) is 36.1 Å². The summed E-state index contributed by atoms with van der Waals surface area (Å²) in [6.07, 6.45) is 10.1. The number of hydrogen-bond acceptors (Lipinski definition) is 2. The molecule has 2 heteroatoms. The van der Waals surface area contributed by atoms with Gasteiger partial charge >= 0.3 is 0 Å². The molecule has 0 aromatic rings. The van der Waals surface area contributed by atoms with Gasteiger partial charge in [0.05, 0.1) is 0 Å². The first-order chi connectivity index (χ1) is 6.88. The first-order valence-corrected chi connectivity index (χ1v) is 6.37. The van der Waals surface area contributed by atoms with E-state index in [1.807, 2.05) is 0 Å². The van der Waals surface area contributed by atoms with E-state index in [0.717, 1.165) is 6.04 Å². The van der Waals surface area contributed by atoms with Gasteiger partial charge in [0.15, 0.2) is 0 Å². The molecule has 2 aliphatic heterocycles. The molecule has 1 unspecified atom stereocenters. The Labute approximate surface area is 87.0 Å². The summed E-state index contributed by atoms with van der Waals surface area (Å²) >= 11 is 0. The molecule has 0 aromatic heterocycles. The highest BCUT2D eigenvalue weighted by atomic mass is 15.2. The third-order valence-corrected chi connectivity index (χ3v) is 4.56. The first-order valence-electron chi connectivity index (χ1n) is 6.37. The van der Waals surface area contributed by atoms with Crippen molar-refractivity contribution in [3.63, 3.8) is 0 Å². The van der Waals surface area contributed by atoms with Crippen molar-refractivity contribution in [2.75, 3.05) is 19.6 Å². The third-order valence-electron chi connectivity index (χ3n) is 4.56. The number of likely N-dealkylation sites (tertiary alicyclic amines) is 1. The molecule has 1 spiro atoms. The van der Waals surface area contributed by atoms with Crippen molar-refractivity contribution in [2.24, 2.45) is 0 Å². The molecule has 2 saturated heterocycles. The van der Waals surface area contributed by atoms with Gasteiger partial charge < -0.3 is 5.32 Å². The van der Waals surface area contributed by atoms with E-state index in [2.05, 4.69) is 10.2 Å². The molecule has 1 atom stereocenters. The SMILES string of the molecule is C1CCC(N2CCC3(CCCN3)C2)C1. The molecular weight excluding hydrogens is 172 g/mol. The van der Waals surface area contributed by atoms with Crippen molar-refractivity contribution in [2.45, 2.75) is 56.5 Å². The Kier molecular flexibility index (Phi) is 2.29. The Balaban J connectivity index is 1.63. The zero-order chi connectivity index (χ0) is 9.43. The molecule has 0 radical (unpaired) electrons. The van der Waals surface area contributed by atoms with Gasteiger partial charge in [-0.1, -0.05) is 12.8 Å². The minimum absolute atomic E-state index is 0.544. The Morgan fingerprint density at radius 3 is 2.64 bits per heavy atom. The molecule has 2 nitrogen and oxygen atoms in total. The number of nitrogens with one attached hydrogen (secondary N) is 1. The predicted octanol–water partition coefficient (Wildman–Crippen LogP) is 1.76. The minimum Gasteiger partial charge on any atom is -0.310 e. The second-order valence-corrected chi connectivity index (χ2v) is 5.47. The van der Waals surface area contributed by atoms with Gasteiger partial charge in [-0.2, -0.15) is 0 Å². The highest BCUT2D eigenvalue weighted by Crippen LogP contribution is 2.34. The van der Waals surface area contributed by atoms with Crippen LogP contribution in [0.4, 0.5) is 0 Å². The fraction of sp³-hybridized carbons (Fsp3) is 1.00. The van der Waals surface area contributed by atoms with E-state index < -0.39 is 0 Å². The lowest BCUT2D eigenvalue weighted by molar-refractivity contribution is 0.225. The van der Waals surface area contributed by atoms with E-state index in [0.29, 0.717) is 5.54 Å². The van der Waals surface area contributed by atoms with Crippen LogP contribution in [0.2, 0.25) is 0 Å². The number of hydrogen-bond donors (Lipinski definition) is 1. The van der Waals surface area contributed by atoms with Crippen LogP contribution in [0.3, 0.4) is 0 Å². The molecule has 1 aliphatic carbocycles. The zero-order valence-electron chi connectivity index (χ0n) is 9.10. The molecular formula is C12H22N2. The molecule has 0 aromatic carbocycles. The van der Waals surface area contributed by atoms with Crippen molar-refractivity contribution >= 4 is 0 Å². The summed E-state index contributed by atoms with van der Waals surface area (Å²) in [5.41, 5.74) is 0.544. The Morgan fingerprint density at radius 1 is 1.07 bits per heavy atom. The van der Waals surface area contributed by atoms with Crippen LogP contribution in [0.1, 0.15) is 44.9 Å². The molecule has 1 saturated carbocycles. The fourth-order valence-corrected chi connectivity index (χ4v) is 3.70.